The van der Waals surface area contributed by atoms with E-state index in [1.165, 1.54) is 44.0 Å². The Bertz CT molecular complexity index is 379. The van der Waals surface area contributed by atoms with E-state index >= 15 is 0 Å². The van der Waals surface area contributed by atoms with Crippen molar-refractivity contribution >= 4 is 0 Å². The molecule has 0 N–H and O–H groups in total. The molecule has 1 fully saturated rings. The summed E-state index contributed by atoms with van der Waals surface area (Å²) in [6.45, 7) is 7.16. The highest BCUT2D eigenvalue weighted by Gasteiger charge is 2.20. The number of fused-ring (bicyclic) bond motifs is 1. The first-order valence-electron chi connectivity index (χ1n) is 6.96. The minimum absolute atomic E-state index is 0.782. The molecule has 2 aliphatic heterocycles. The zero-order valence-electron chi connectivity index (χ0n) is 10.7. The van der Waals surface area contributed by atoms with E-state index in [1.807, 2.05) is 0 Å². The van der Waals surface area contributed by atoms with Gasteiger partial charge in [-0.25, -0.2) is 0 Å². The summed E-state index contributed by atoms with van der Waals surface area (Å²) in [5, 5.41) is 8.71. The smallest absolute Gasteiger partial charge is 0.134 e. The van der Waals surface area contributed by atoms with Crippen LogP contribution in [0.5, 0.6) is 0 Å². The van der Waals surface area contributed by atoms with Crippen LogP contribution in [-0.2, 0) is 19.4 Å². The first-order valence-corrected chi connectivity index (χ1v) is 6.96. The van der Waals surface area contributed by atoms with Gasteiger partial charge in [-0.15, -0.1) is 10.2 Å². The predicted octanol–water partition coefficient (Wildman–Crippen LogP) is 1.50. The Morgan fingerprint density at radius 3 is 2.88 bits per heavy atom. The fourth-order valence-corrected chi connectivity index (χ4v) is 3.00. The Labute approximate surface area is 103 Å². The molecular weight excluding hydrogens is 212 g/mol. The van der Waals surface area contributed by atoms with Gasteiger partial charge in [-0.1, -0.05) is 6.92 Å². The summed E-state index contributed by atoms with van der Waals surface area (Å²) in [6, 6.07) is 0. The van der Waals surface area contributed by atoms with Gasteiger partial charge in [0.15, 0.2) is 0 Å². The van der Waals surface area contributed by atoms with Gasteiger partial charge in [0.05, 0.1) is 0 Å². The highest BCUT2D eigenvalue weighted by Crippen LogP contribution is 2.19. The minimum Gasteiger partial charge on any atom is -0.315 e. The Hall–Kier alpha value is -0.900. The van der Waals surface area contributed by atoms with Crippen LogP contribution in [0.25, 0.3) is 0 Å². The highest BCUT2D eigenvalue weighted by atomic mass is 15.3. The van der Waals surface area contributed by atoms with Gasteiger partial charge in [-0.2, -0.15) is 0 Å². The van der Waals surface area contributed by atoms with Crippen LogP contribution in [0.2, 0.25) is 0 Å². The maximum absolute atomic E-state index is 4.38. The van der Waals surface area contributed by atoms with E-state index in [0.29, 0.717) is 0 Å². The van der Waals surface area contributed by atoms with Crippen molar-refractivity contribution in [1.29, 1.82) is 0 Å². The molecule has 17 heavy (non-hydrogen) atoms. The van der Waals surface area contributed by atoms with Gasteiger partial charge in [0, 0.05) is 25.9 Å². The summed E-state index contributed by atoms with van der Waals surface area (Å²) in [6.07, 6.45) is 6.19. The van der Waals surface area contributed by atoms with E-state index in [9.17, 15) is 0 Å². The van der Waals surface area contributed by atoms with Crippen molar-refractivity contribution in [2.75, 3.05) is 19.6 Å². The molecule has 0 radical (unpaired) electrons. The molecule has 0 saturated carbocycles. The average molecular weight is 234 g/mol. The SMILES string of the molecule is CC1CCc2nnc(CCN3CCCC3)n2C1. The van der Waals surface area contributed by atoms with Crippen molar-refractivity contribution in [3.63, 3.8) is 0 Å². The Kier molecular flexibility index (Phi) is 3.14. The molecule has 1 aromatic heterocycles. The summed E-state index contributed by atoms with van der Waals surface area (Å²) in [5.41, 5.74) is 0. The van der Waals surface area contributed by atoms with Gasteiger partial charge in [0.1, 0.15) is 11.6 Å². The second-order valence-electron chi connectivity index (χ2n) is 5.59. The van der Waals surface area contributed by atoms with Gasteiger partial charge in [0.25, 0.3) is 0 Å². The second-order valence-corrected chi connectivity index (χ2v) is 5.59. The Morgan fingerprint density at radius 1 is 1.24 bits per heavy atom. The van der Waals surface area contributed by atoms with Crippen LogP contribution in [0.4, 0.5) is 0 Å². The normalized spacial score (nSPS) is 25.1. The van der Waals surface area contributed by atoms with Crippen molar-refractivity contribution in [1.82, 2.24) is 19.7 Å². The van der Waals surface area contributed by atoms with Crippen LogP contribution in [0.1, 0.15) is 37.8 Å². The van der Waals surface area contributed by atoms with E-state index in [2.05, 4.69) is 26.6 Å². The monoisotopic (exact) mass is 234 g/mol. The summed E-state index contributed by atoms with van der Waals surface area (Å²) in [5.74, 6) is 3.20. The van der Waals surface area contributed by atoms with Crippen LogP contribution in [-0.4, -0.2) is 39.3 Å². The standard InChI is InChI=1S/C13H22N4/c1-11-4-5-12-14-15-13(17(12)10-11)6-9-16-7-2-3-8-16/h11H,2-10H2,1H3. The molecule has 4 heteroatoms. The number of rotatable bonds is 3. The lowest BCUT2D eigenvalue weighted by atomic mass is 10.0. The molecule has 2 aliphatic rings. The molecule has 0 spiro atoms. The number of hydrogen-bond acceptors (Lipinski definition) is 3. The summed E-state index contributed by atoms with van der Waals surface area (Å²) < 4.78 is 2.37. The van der Waals surface area contributed by atoms with E-state index in [-0.39, 0.29) is 0 Å². The third-order valence-electron chi connectivity index (χ3n) is 4.11. The highest BCUT2D eigenvalue weighted by molar-refractivity contribution is 5.00. The minimum atomic E-state index is 0.782. The van der Waals surface area contributed by atoms with Crippen LogP contribution in [0.3, 0.4) is 0 Å². The van der Waals surface area contributed by atoms with Crippen LogP contribution in [0, 0.1) is 5.92 Å². The molecule has 0 aliphatic carbocycles. The maximum Gasteiger partial charge on any atom is 0.134 e. The molecule has 3 rings (SSSR count). The van der Waals surface area contributed by atoms with Gasteiger partial charge in [-0.05, 0) is 38.3 Å². The first kappa shape index (κ1) is 11.2. The van der Waals surface area contributed by atoms with Gasteiger partial charge in [0.2, 0.25) is 0 Å². The lowest BCUT2D eigenvalue weighted by Gasteiger charge is -2.21. The topological polar surface area (TPSA) is 34.0 Å². The summed E-state index contributed by atoms with van der Waals surface area (Å²) in [7, 11) is 0. The fraction of sp³-hybridized carbons (Fsp3) is 0.846. The van der Waals surface area contributed by atoms with E-state index in [1.54, 1.807) is 0 Å². The predicted molar refractivity (Wildman–Crippen MR) is 66.9 cm³/mol. The second kappa shape index (κ2) is 4.77. The van der Waals surface area contributed by atoms with E-state index in [0.717, 1.165) is 31.8 Å². The lowest BCUT2D eigenvalue weighted by molar-refractivity contribution is 0.332. The van der Waals surface area contributed by atoms with E-state index < -0.39 is 0 Å². The van der Waals surface area contributed by atoms with E-state index in [4.69, 9.17) is 0 Å². The van der Waals surface area contributed by atoms with Crippen molar-refractivity contribution < 1.29 is 0 Å². The summed E-state index contributed by atoms with van der Waals surface area (Å²) in [4.78, 5) is 2.55. The quantitative estimate of drug-likeness (QED) is 0.795. The van der Waals surface area contributed by atoms with Crippen molar-refractivity contribution in [2.45, 2.75) is 45.6 Å². The first-order chi connectivity index (χ1) is 8.33. The number of hydrogen-bond donors (Lipinski definition) is 0. The molecule has 1 unspecified atom stereocenters. The van der Waals surface area contributed by atoms with Crippen molar-refractivity contribution in [3.05, 3.63) is 11.6 Å². The number of likely N-dealkylation sites (tertiary alicyclic amines) is 1. The van der Waals surface area contributed by atoms with Gasteiger partial charge in [-0.3, -0.25) is 0 Å². The maximum atomic E-state index is 4.38. The fourth-order valence-electron chi connectivity index (χ4n) is 3.00. The largest absolute Gasteiger partial charge is 0.315 e. The molecule has 0 aromatic carbocycles. The molecule has 1 aromatic rings. The lowest BCUT2D eigenvalue weighted by Crippen LogP contribution is -2.25. The molecule has 94 valence electrons. The summed E-state index contributed by atoms with van der Waals surface area (Å²) >= 11 is 0. The molecule has 1 saturated heterocycles. The van der Waals surface area contributed by atoms with Gasteiger partial charge < -0.3 is 9.47 Å². The Morgan fingerprint density at radius 2 is 2.06 bits per heavy atom. The number of aromatic nitrogens is 3. The van der Waals surface area contributed by atoms with Crippen molar-refractivity contribution in [2.24, 2.45) is 5.92 Å². The Balaban J connectivity index is 1.64. The molecule has 0 amide bonds. The molecule has 3 heterocycles. The van der Waals surface area contributed by atoms with Gasteiger partial charge >= 0.3 is 0 Å². The molecular formula is C13H22N4. The van der Waals surface area contributed by atoms with Crippen molar-refractivity contribution in [3.8, 4) is 0 Å². The molecule has 1 atom stereocenters. The zero-order chi connectivity index (χ0) is 11.7. The van der Waals surface area contributed by atoms with Crippen LogP contribution >= 0.6 is 0 Å². The number of aryl methyl sites for hydroxylation is 1. The molecule has 0 bridgehead atoms. The third kappa shape index (κ3) is 2.37. The number of nitrogens with zero attached hydrogens (tertiary/aromatic N) is 4. The zero-order valence-corrected chi connectivity index (χ0v) is 10.7. The van der Waals surface area contributed by atoms with Crippen LogP contribution < -0.4 is 0 Å². The van der Waals surface area contributed by atoms with Crippen LogP contribution in [0.15, 0.2) is 0 Å². The average Bonchev–Trinajstić information content (AvgIpc) is 2.94. The third-order valence-corrected chi connectivity index (χ3v) is 4.11. The molecule has 4 nitrogen and oxygen atoms in total.